The van der Waals surface area contributed by atoms with Crippen LogP contribution in [0.25, 0.3) is 0 Å². The molecule has 0 aliphatic carbocycles. The van der Waals surface area contributed by atoms with Crippen LogP contribution >= 0.6 is 0 Å². The summed E-state index contributed by atoms with van der Waals surface area (Å²) in [6.45, 7) is 10.4. The summed E-state index contributed by atoms with van der Waals surface area (Å²) in [5.74, 6) is 1.52. The molecule has 1 aromatic rings. The highest BCUT2D eigenvalue weighted by atomic mass is 16.3. The standard InChI is InChI=1S/C18H29N3O2/c1-13-7-9-21(10-8-13)16-6-5-14(11-19-16)17(23)20-12-15(22)18(2,3)4/h5-6,11,13,15,22H,7-10,12H2,1-4H3,(H,20,23). The molecule has 0 spiro atoms. The molecule has 2 heterocycles. The molecular formula is C18H29N3O2. The first-order chi connectivity index (χ1) is 10.8. The molecule has 1 amide bonds. The normalized spacial score (nSPS) is 17.9. The second-order valence-corrected chi connectivity index (χ2v) is 7.67. The van der Waals surface area contributed by atoms with E-state index in [1.54, 1.807) is 12.3 Å². The van der Waals surface area contributed by atoms with E-state index < -0.39 is 6.10 Å². The number of anilines is 1. The number of nitrogens with one attached hydrogen (secondary N) is 1. The molecule has 1 aliphatic heterocycles. The zero-order valence-electron chi connectivity index (χ0n) is 14.7. The smallest absolute Gasteiger partial charge is 0.252 e. The van der Waals surface area contributed by atoms with Crippen LogP contribution in [-0.4, -0.2) is 41.7 Å². The number of rotatable bonds is 4. The first-order valence-electron chi connectivity index (χ1n) is 8.44. The molecule has 5 nitrogen and oxygen atoms in total. The Labute approximate surface area is 139 Å². The molecule has 2 N–H and O–H groups in total. The van der Waals surface area contributed by atoms with Gasteiger partial charge in [-0.3, -0.25) is 4.79 Å². The first-order valence-corrected chi connectivity index (χ1v) is 8.44. The fraction of sp³-hybridized carbons (Fsp3) is 0.667. The highest BCUT2D eigenvalue weighted by Crippen LogP contribution is 2.21. The van der Waals surface area contributed by atoms with Crippen molar-refractivity contribution < 1.29 is 9.90 Å². The number of aromatic nitrogens is 1. The van der Waals surface area contributed by atoms with Crippen molar-refractivity contribution in [2.45, 2.75) is 46.6 Å². The van der Waals surface area contributed by atoms with Crippen molar-refractivity contribution in [1.82, 2.24) is 10.3 Å². The summed E-state index contributed by atoms with van der Waals surface area (Å²) < 4.78 is 0. The van der Waals surface area contributed by atoms with Crippen LogP contribution in [-0.2, 0) is 0 Å². The number of piperidine rings is 1. The van der Waals surface area contributed by atoms with Crippen LogP contribution in [0.4, 0.5) is 5.82 Å². The van der Waals surface area contributed by atoms with Gasteiger partial charge in [-0.2, -0.15) is 0 Å². The van der Waals surface area contributed by atoms with Gasteiger partial charge in [0.15, 0.2) is 0 Å². The van der Waals surface area contributed by atoms with Crippen LogP contribution in [0.15, 0.2) is 18.3 Å². The molecule has 1 fully saturated rings. The topological polar surface area (TPSA) is 65.5 Å². The van der Waals surface area contributed by atoms with Crippen molar-refractivity contribution in [3.63, 3.8) is 0 Å². The SMILES string of the molecule is CC1CCN(c2ccc(C(=O)NCC(O)C(C)(C)C)cn2)CC1. The molecule has 5 heteroatoms. The molecule has 23 heavy (non-hydrogen) atoms. The van der Waals surface area contributed by atoms with Crippen LogP contribution in [0.5, 0.6) is 0 Å². The summed E-state index contributed by atoms with van der Waals surface area (Å²) in [6, 6.07) is 3.71. The maximum atomic E-state index is 12.1. The highest BCUT2D eigenvalue weighted by Gasteiger charge is 2.23. The lowest BCUT2D eigenvalue weighted by Gasteiger charge is -2.31. The number of aliphatic hydroxyl groups excluding tert-OH is 1. The van der Waals surface area contributed by atoms with Gasteiger partial charge in [0.2, 0.25) is 0 Å². The maximum Gasteiger partial charge on any atom is 0.252 e. The number of hydrogen-bond acceptors (Lipinski definition) is 4. The number of hydrogen-bond donors (Lipinski definition) is 2. The molecule has 2 rings (SSSR count). The van der Waals surface area contributed by atoms with E-state index in [-0.39, 0.29) is 17.9 Å². The third kappa shape index (κ3) is 4.93. The van der Waals surface area contributed by atoms with Crippen LogP contribution < -0.4 is 10.2 Å². The Morgan fingerprint density at radius 3 is 2.57 bits per heavy atom. The number of carbonyl (C=O) groups excluding carboxylic acids is 1. The molecule has 1 aromatic heterocycles. The fourth-order valence-corrected chi connectivity index (χ4v) is 2.54. The van der Waals surface area contributed by atoms with Gasteiger partial charge in [-0.15, -0.1) is 0 Å². The minimum Gasteiger partial charge on any atom is -0.391 e. The van der Waals surface area contributed by atoms with Crippen molar-refractivity contribution in [2.75, 3.05) is 24.5 Å². The summed E-state index contributed by atoms with van der Waals surface area (Å²) in [7, 11) is 0. The molecule has 0 bridgehead atoms. The Hall–Kier alpha value is -1.62. The molecule has 1 atom stereocenters. The van der Waals surface area contributed by atoms with E-state index >= 15 is 0 Å². The number of carbonyl (C=O) groups is 1. The maximum absolute atomic E-state index is 12.1. The van der Waals surface area contributed by atoms with Crippen molar-refractivity contribution in [1.29, 1.82) is 0 Å². The van der Waals surface area contributed by atoms with Gasteiger partial charge in [-0.05, 0) is 36.3 Å². The van der Waals surface area contributed by atoms with Gasteiger partial charge in [0, 0.05) is 25.8 Å². The molecule has 0 saturated carbocycles. The highest BCUT2D eigenvalue weighted by molar-refractivity contribution is 5.94. The Kier molecular flexibility index (Phi) is 5.63. The summed E-state index contributed by atoms with van der Waals surface area (Å²) in [4.78, 5) is 18.8. The molecule has 1 unspecified atom stereocenters. The van der Waals surface area contributed by atoms with Crippen molar-refractivity contribution in [3.8, 4) is 0 Å². The van der Waals surface area contributed by atoms with Gasteiger partial charge in [-0.25, -0.2) is 4.98 Å². The lowest BCUT2D eigenvalue weighted by molar-refractivity contribution is 0.0587. The van der Waals surface area contributed by atoms with Gasteiger partial charge in [0.05, 0.1) is 11.7 Å². The molecule has 1 aliphatic rings. The summed E-state index contributed by atoms with van der Waals surface area (Å²) in [6.07, 6.45) is 3.42. The predicted molar refractivity (Wildman–Crippen MR) is 92.6 cm³/mol. The van der Waals surface area contributed by atoms with E-state index in [4.69, 9.17) is 0 Å². The second kappa shape index (κ2) is 7.30. The molecule has 0 aromatic carbocycles. The van der Waals surface area contributed by atoms with Gasteiger partial charge in [0.1, 0.15) is 5.82 Å². The Balaban J connectivity index is 1.90. The van der Waals surface area contributed by atoms with Crippen molar-refractivity contribution >= 4 is 11.7 Å². The van der Waals surface area contributed by atoms with Gasteiger partial charge in [-0.1, -0.05) is 27.7 Å². The van der Waals surface area contributed by atoms with Crippen molar-refractivity contribution in [3.05, 3.63) is 23.9 Å². The van der Waals surface area contributed by atoms with E-state index in [0.29, 0.717) is 5.56 Å². The van der Waals surface area contributed by atoms with Crippen LogP contribution in [0.2, 0.25) is 0 Å². The zero-order valence-corrected chi connectivity index (χ0v) is 14.7. The minimum absolute atomic E-state index is 0.195. The summed E-state index contributed by atoms with van der Waals surface area (Å²) in [5.41, 5.74) is 0.279. The van der Waals surface area contributed by atoms with E-state index in [9.17, 15) is 9.90 Å². The monoisotopic (exact) mass is 319 g/mol. The van der Waals surface area contributed by atoms with Crippen LogP contribution in [0.1, 0.15) is 50.9 Å². The zero-order chi connectivity index (χ0) is 17.0. The third-order valence-corrected chi connectivity index (χ3v) is 4.57. The quantitative estimate of drug-likeness (QED) is 0.895. The number of aliphatic hydroxyl groups is 1. The molecule has 1 saturated heterocycles. The van der Waals surface area contributed by atoms with E-state index in [1.165, 1.54) is 12.8 Å². The average Bonchev–Trinajstić information content (AvgIpc) is 2.52. The largest absolute Gasteiger partial charge is 0.391 e. The van der Waals surface area contributed by atoms with Crippen molar-refractivity contribution in [2.24, 2.45) is 11.3 Å². The van der Waals surface area contributed by atoms with E-state index in [2.05, 4.69) is 22.1 Å². The molecule has 0 radical (unpaired) electrons. The number of nitrogens with zero attached hydrogens (tertiary/aromatic N) is 2. The Bertz CT molecular complexity index is 514. The lowest BCUT2D eigenvalue weighted by atomic mass is 9.89. The predicted octanol–water partition coefficient (Wildman–Crippen LogP) is 2.45. The average molecular weight is 319 g/mol. The van der Waals surface area contributed by atoms with Gasteiger partial charge >= 0.3 is 0 Å². The summed E-state index contributed by atoms with van der Waals surface area (Å²) >= 11 is 0. The first kappa shape index (κ1) is 17.7. The Morgan fingerprint density at radius 2 is 2.04 bits per heavy atom. The number of pyridine rings is 1. The summed E-state index contributed by atoms with van der Waals surface area (Å²) in [5, 5.41) is 12.7. The Morgan fingerprint density at radius 1 is 1.39 bits per heavy atom. The lowest BCUT2D eigenvalue weighted by Crippen LogP contribution is -2.39. The fourth-order valence-electron chi connectivity index (χ4n) is 2.54. The molecule has 128 valence electrons. The third-order valence-electron chi connectivity index (χ3n) is 4.57. The van der Waals surface area contributed by atoms with Crippen LogP contribution in [0.3, 0.4) is 0 Å². The van der Waals surface area contributed by atoms with Gasteiger partial charge < -0.3 is 15.3 Å². The molecular weight excluding hydrogens is 290 g/mol. The van der Waals surface area contributed by atoms with Gasteiger partial charge in [0.25, 0.3) is 5.91 Å². The minimum atomic E-state index is -0.575. The number of amides is 1. The van der Waals surface area contributed by atoms with E-state index in [0.717, 1.165) is 24.8 Å². The van der Waals surface area contributed by atoms with Crippen LogP contribution in [0, 0.1) is 11.3 Å². The second-order valence-electron chi connectivity index (χ2n) is 7.67. The van der Waals surface area contributed by atoms with E-state index in [1.807, 2.05) is 26.8 Å².